The van der Waals surface area contributed by atoms with Gasteiger partial charge in [-0.15, -0.1) is 11.3 Å². The Kier molecular flexibility index (Phi) is 4.35. The molecule has 1 aromatic rings. The first-order valence-electron chi connectivity index (χ1n) is 4.48. The van der Waals surface area contributed by atoms with Crippen LogP contribution in [0, 0.1) is 5.92 Å². The third-order valence-electron chi connectivity index (χ3n) is 1.94. The summed E-state index contributed by atoms with van der Waals surface area (Å²) in [5.74, 6) is 0.559. The van der Waals surface area contributed by atoms with E-state index in [4.69, 9.17) is 5.73 Å². The summed E-state index contributed by atoms with van der Waals surface area (Å²) in [6, 6.07) is 0. The summed E-state index contributed by atoms with van der Waals surface area (Å²) < 4.78 is 0. The number of hydrogen-bond acceptors (Lipinski definition) is 4. The van der Waals surface area contributed by atoms with Crippen LogP contribution in [0.5, 0.6) is 0 Å². The van der Waals surface area contributed by atoms with Crippen molar-refractivity contribution in [3.63, 3.8) is 0 Å². The molecular weight excluding hydrogens is 182 g/mol. The minimum atomic E-state index is 0.559. The van der Waals surface area contributed by atoms with Crippen LogP contribution in [-0.4, -0.2) is 30.0 Å². The van der Waals surface area contributed by atoms with Crippen molar-refractivity contribution in [1.82, 2.24) is 9.88 Å². The van der Waals surface area contributed by atoms with Crippen LogP contribution in [0.3, 0.4) is 0 Å². The SMILES string of the molecule is CC(CN)CN(C)Cc1cscn1. The quantitative estimate of drug-likeness (QED) is 0.774. The van der Waals surface area contributed by atoms with Gasteiger partial charge in [0, 0.05) is 18.5 Å². The van der Waals surface area contributed by atoms with E-state index in [2.05, 4.69) is 29.2 Å². The molecule has 0 aliphatic heterocycles. The second-order valence-corrected chi connectivity index (χ2v) is 4.24. The zero-order valence-corrected chi connectivity index (χ0v) is 9.05. The fourth-order valence-corrected chi connectivity index (χ4v) is 1.81. The molecule has 2 N–H and O–H groups in total. The van der Waals surface area contributed by atoms with Crippen molar-refractivity contribution in [3.05, 3.63) is 16.6 Å². The highest BCUT2D eigenvalue weighted by Crippen LogP contribution is 2.05. The fourth-order valence-electron chi connectivity index (χ4n) is 1.26. The lowest BCUT2D eigenvalue weighted by Gasteiger charge is -2.18. The van der Waals surface area contributed by atoms with Gasteiger partial charge in [-0.05, 0) is 19.5 Å². The number of rotatable bonds is 5. The standard InChI is InChI=1S/C9H17N3S/c1-8(3-10)4-12(2)5-9-6-13-7-11-9/h6-8H,3-5,10H2,1-2H3. The number of thiazole rings is 1. The second-order valence-electron chi connectivity index (χ2n) is 3.52. The van der Waals surface area contributed by atoms with Crippen molar-refractivity contribution in [2.45, 2.75) is 13.5 Å². The fraction of sp³-hybridized carbons (Fsp3) is 0.667. The molecule has 0 saturated heterocycles. The van der Waals surface area contributed by atoms with E-state index in [1.165, 1.54) is 0 Å². The molecule has 1 unspecified atom stereocenters. The lowest BCUT2D eigenvalue weighted by molar-refractivity contribution is 0.279. The van der Waals surface area contributed by atoms with E-state index in [1.54, 1.807) is 11.3 Å². The van der Waals surface area contributed by atoms with Gasteiger partial charge in [0.25, 0.3) is 0 Å². The van der Waals surface area contributed by atoms with Gasteiger partial charge in [-0.2, -0.15) is 0 Å². The van der Waals surface area contributed by atoms with E-state index in [9.17, 15) is 0 Å². The van der Waals surface area contributed by atoms with Crippen molar-refractivity contribution in [1.29, 1.82) is 0 Å². The molecule has 0 bridgehead atoms. The lowest BCUT2D eigenvalue weighted by atomic mass is 10.2. The van der Waals surface area contributed by atoms with Crippen LogP contribution in [0.1, 0.15) is 12.6 Å². The predicted octanol–water partition coefficient (Wildman–Crippen LogP) is 1.17. The molecule has 0 fully saturated rings. The summed E-state index contributed by atoms with van der Waals surface area (Å²) >= 11 is 1.64. The van der Waals surface area contributed by atoms with E-state index in [-0.39, 0.29) is 0 Å². The molecule has 4 heteroatoms. The summed E-state index contributed by atoms with van der Waals surface area (Å²) in [5.41, 5.74) is 8.57. The van der Waals surface area contributed by atoms with Crippen LogP contribution in [0.25, 0.3) is 0 Å². The molecule has 0 saturated carbocycles. The van der Waals surface area contributed by atoms with Crippen molar-refractivity contribution < 1.29 is 0 Å². The van der Waals surface area contributed by atoms with Crippen molar-refractivity contribution >= 4 is 11.3 Å². The van der Waals surface area contributed by atoms with Crippen LogP contribution in [0.4, 0.5) is 0 Å². The maximum Gasteiger partial charge on any atom is 0.0795 e. The molecule has 0 aliphatic carbocycles. The molecule has 1 heterocycles. The Hall–Kier alpha value is -0.450. The second kappa shape index (κ2) is 5.32. The molecule has 1 aromatic heterocycles. The molecule has 0 amide bonds. The average molecular weight is 199 g/mol. The van der Waals surface area contributed by atoms with Crippen LogP contribution < -0.4 is 5.73 Å². The first-order valence-corrected chi connectivity index (χ1v) is 5.42. The zero-order chi connectivity index (χ0) is 9.68. The summed E-state index contributed by atoms with van der Waals surface area (Å²) in [6.07, 6.45) is 0. The number of nitrogens with zero attached hydrogens (tertiary/aromatic N) is 2. The monoisotopic (exact) mass is 199 g/mol. The molecule has 0 aromatic carbocycles. The predicted molar refractivity (Wildman–Crippen MR) is 56.7 cm³/mol. The Morgan fingerprint density at radius 2 is 2.46 bits per heavy atom. The molecule has 3 nitrogen and oxygen atoms in total. The molecule has 0 spiro atoms. The number of hydrogen-bond donors (Lipinski definition) is 1. The largest absolute Gasteiger partial charge is 0.330 e. The molecule has 1 rings (SSSR count). The highest BCUT2D eigenvalue weighted by Gasteiger charge is 2.05. The van der Waals surface area contributed by atoms with Crippen molar-refractivity contribution in [2.75, 3.05) is 20.1 Å². The van der Waals surface area contributed by atoms with Crippen LogP contribution >= 0.6 is 11.3 Å². The number of nitrogens with two attached hydrogens (primary N) is 1. The Morgan fingerprint density at radius 1 is 1.69 bits per heavy atom. The van der Waals surface area contributed by atoms with Gasteiger partial charge in [-0.3, -0.25) is 0 Å². The Morgan fingerprint density at radius 3 is 3.00 bits per heavy atom. The van der Waals surface area contributed by atoms with E-state index in [1.807, 2.05) is 5.51 Å². The lowest BCUT2D eigenvalue weighted by Crippen LogP contribution is -2.28. The zero-order valence-electron chi connectivity index (χ0n) is 8.23. The molecule has 74 valence electrons. The highest BCUT2D eigenvalue weighted by molar-refractivity contribution is 7.07. The normalized spacial score (nSPS) is 13.5. The summed E-state index contributed by atoms with van der Waals surface area (Å²) in [5, 5.41) is 2.09. The number of aromatic nitrogens is 1. The average Bonchev–Trinajstić information content (AvgIpc) is 2.56. The van der Waals surface area contributed by atoms with Gasteiger partial charge in [-0.25, -0.2) is 4.98 Å². The Bertz CT molecular complexity index is 223. The molecule has 0 radical (unpaired) electrons. The van der Waals surface area contributed by atoms with Gasteiger partial charge in [0.05, 0.1) is 11.2 Å². The third-order valence-corrected chi connectivity index (χ3v) is 2.58. The summed E-state index contributed by atoms with van der Waals surface area (Å²) in [6.45, 7) is 4.88. The van der Waals surface area contributed by atoms with E-state index >= 15 is 0 Å². The minimum absolute atomic E-state index is 0.559. The van der Waals surface area contributed by atoms with Gasteiger partial charge in [0.1, 0.15) is 0 Å². The Balaban J connectivity index is 2.29. The van der Waals surface area contributed by atoms with E-state index in [0.29, 0.717) is 5.92 Å². The van der Waals surface area contributed by atoms with Crippen LogP contribution in [-0.2, 0) is 6.54 Å². The van der Waals surface area contributed by atoms with E-state index < -0.39 is 0 Å². The van der Waals surface area contributed by atoms with Crippen LogP contribution in [0.2, 0.25) is 0 Å². The van der Waals surface area contributed by atoms with Gasteiger partial charge in [0.15, 0.2) is 0 Å². The first kappa shape index (κ1) is 10.6. The molecular formula is C9H17N3S. The van der Waals surface area contributed by atoms with Gasteiger partial charge in [-0.1, -0.05) is 6.92 Å². The molecule has 13 heavy (non-hydrogen) atoms. The topological polar surface area (TPSA) is 42.1 Å². The van der Waals surface area contributed by atoms with E-state index in [0.717, 1.165) is 25.3 Å². The van der Waals surface area contributed by atoms with Gasteiger partial charge >= 0.3 is 0 Å². The maximum absolute atomic E-state index is 5.55. The summed E-state index contributed by atoms with van der Waals surface area (Å²) in [4.78, 5) is 6.49. The van der Waals surface area contributed by atoms with Gasteiger partial charge < -0.3 is 10.6 Å². The molecule has 1 atom stereocenters. The molecule has 0 aliphatic rings. The van der Waals surface area contributed by atoms with Crippen LogP contribution in [0.15, 0.2) is 10.9 Å². The summed E-state index contributed by atoms with van der Waals surface area (Å²) in [7, 11) is 2.10. The maximum atomic E-state index is 5.55. The Labute approximate surface area is 83.6 Å². The van der Waals surface area contributed by atoms with Crippen molar-refractivity contribution in [3.8, 4) is 0 Å². The first-order chi connectivity index (χ1) is 6.22. The van der Waals surface area contributed by atoms with Crippen molar-refractivity contribution in [2.24, 2.45) is 11.7 Å². The van der Waals surface area contributed by atoms with Gasteiger partial charge in [0.2, 0.25) is 0 Å². The third kappa shape index (κ3) is 3.85. The minimum Gasteiger partial charge on any atom is -0.330 e. The highest BCUT2D eigenvalue weighted by atomic mass is 32.1. The smallest absolute Gasteiger partial charge is 0.0795 e.